The van der Waals surface area contributed by atoms with Crippen molar-refractivity contribution in [2.24, 2.45) is 0 Å². The van der Waals surface area contributed by atoms with Crippen LogP contribution < -0.4 is 15.0 Å². The number of halogens is 3. The van der Waals surface area contributed by atoms with Gasteiger partial charge in [-0.15, -0.1) is 0 Å². The molecule has 0 saturated heterocycles. The van der Waals surface area contributed by atoms with Crippen molar-refractivity contribution in [1.82, 2.24) is 5.32 Å². The number of hydrogen-bond donors (Lipinski definition) is 1. The Morgan fingerprint density at radius 3 is 2.47 bits per heavy atom. The van der Waals surface area contributed by atoms with Gasteiger partial charge < -0.3 is 19.4 Å². The fourth-order valence-corrected chi connectivity index (χ4v) is 3.80. The van der Waals surface area contributed by atoms with Crippen LogP contribution in [0.1, 0.15) is 17.4 Å². The highest BCUT2D eigenvalue weighted by molar-refractivity contribution is 5.82. The molecule has 1 aromatic heterocycles. The van der Waals surface area contributed by atoms with Gasteiger partial charge in [-0.25, -0.2) is 0 Å². The minimum Gasteiger partial charge on any atom is -0.497 e. The largest absolute Gasteiger partial charge is 0.497 e. The van der Waals surface area contributed by atoms with Gasteiger partial charge in [0.1, 0.15) is 17.6 Å². The number of nitrogens with one attached hydrogen (secondary N) is 1. The maximum Gasteiger partial charge on any atom is 0.471 e. The summed E-state index contributed by atoms with van der Waals surface area (Å²) in [7, 11) is 1.56. The van der Waals surface area contributed by atoms with Crippen molar-refractivity contribution in [2.45, 2.75) is 24.7 Å². The van der Waals surface area contributed by atoms with Crippen molar-refractivity contribution in [1.29, 1.82) is 0 Å². The summed E-state index contributed by atoms with van der Waals surface area (Å²) in [4.78, 5) is 13.7. The van der Waals surface area contributed by atoms with E-state index >= 15 is 0 Å². The van der Waals surface area contributed by atoms with E-state index in [-0.39, 0.29) is 6.42 Å². The van der Waals surface area contributed by atoms with Gasteiger partial charge in [-0.2, -0.15) is 13.2 Å². The normalized spacial score (nSPS) is 18.6. The second kappa shape index (κ2) is 7.78. The lowest BCUT2D eigenvalue weighted by molar-refractivity contribution is -0.174. The van der Waals surface area contributed by atoms with Crippen molar-refractivity contribution in [3.8, 4) is 5.75 Å². The number of ether oxygens (including phenoxy) is 1. The molecule has 2 aromatic carbocycles. The predicted octanol–water partition coefficient (Wildman–Crippen LogP) is 4.77. The van der Waals surface area contributed by atoms with Crippen molar-refractivity contribution >= 4 is 17.3 Å². The Balaban J connectivity index is 1.83. The topological polar surface area (TPSA) is 54.7 Å². The quantitative estimate of drug-likeness (QED) is 0.666. The number of fused-ring (bicyclic) bond motifs is 1. The van der Waals surface area contributed by atoms with Crippen LogP contribution >= 0.6 is 0 Å². The van der Waals surface area contributed by atoms with Crippen molar-refractivity contribution < 1.29 is 27.1 Å². The number of para-hydroxylation sites is 1. The molecule has 0 fully saturated rings. The number of anilines is 2. The number of alkyl halides is 3. The van der Waals surface area contributed by atoms with Crippen molar-refractivity contribution in [2.75, 3.05) is 12.0 Å². The Morgan fingerprint density at radius 2 is 1.83 bits per heavy atom. The summed E-state index contributed by atoms with van der Waals surface area (Å²) in [5.74, 6) is -0.869. The third-order valence-electron chi connectivity index (χ3n) is 5.11. The van der Waals surface area contributed by atoms with Crippen molar-refractivity contribution in [3.05, 3.63) is 78.3 Å². The monoisotopic (exact) mass is 416 g/mol. The van der Waals surface area contributed by atoms with Crippen LogP contribution in [0.4, 0.5) is 24.5 Å². The predicted molar refractivity (Wildman–Crippen MR) is 105 cm³/mol. The van der Waals surface area contributed by atoms with Crippen LogP contribution in [-0.4, -0.2) is 25.2 Å². The Morgan fingerprint density at radius 1 is 1.10 bits per heavy atom. The molecule has 0 spiro atoms. The summed E-state index contributed by atoms with van der Waals surface area (Å²) in [5, 5.41) is 2.17. The Hall–Kier alpha value is -3.42. The van der Waals surface area contributed by atoms with E-state index in [9.17, 15) is 18.0 Å². The Bertz CT molecular complexity index is 1020. The lowest BCUT2D eigenvalue weighted by Crippen LogP contribution is -2.52. The van der Waals surface area contributed by atoms with Gasteiger partial charge in [0.15, 0.2) is 0 Å². The van der Waals surface area contributed by atoms with Gasteiger partial charge in [-0.1, -0.05) is 18.2 Å². The van der Waals surface area contributed by atoms with Gasteiger partial charge in [0.25, 0.3) is 0 Å². The molecule has 8 heteroatoms. The number of benzene rings is 2. The molecule has 0 radical (unpaired) electrons. The molecular weight excluding hydrogens is 397 g/mol. The zero-order valence-electron chi connectivity index (χ0n) is 16.0. The van der Waals surface area contributed by atoms with E-state index in [4.69, 9.17) is 9.15 Å². The summed E-state index contributed by atoms with van der Waals surface area (Å²) < 4.78 is 49.8. The van der Waals surface area contributed by atoms with E-state index in [1.165, 1.54) is 6.26 Å². The summed E-state index contributed by atoms with van der Waals surface area (Å²) >= 11 is 0. The molecule has 2 atom stereocenters. The van der Waals surface area contributed by atoms with Crippen molar-refractivity contribution in [3.63, 3.8) is 0 Å². The first-order chi connectivity index (χ1) is 14.4. The van der Waals surface area contributed by atoms with E-state index < -0.39 is 24.2 Å². The van der Waals surface area contributed by atoms with Gasteiger partial charge in [0.2, 0.25) is 0 Å². The fourth-order valence-electron chi connectivity index (χ4n) is 3.80. The molecule has 2 heterocycles. The molecule has 0 unspecified atom stereocenters. The molecule has 30 heavy (non-hydrogen) atoms. The van der Waals surface area contributed by atoms with Crippen LogP contribution in [0.5, 0.6) is 5.75 Å². The second-order valence-electron chi connectivity index (χ2n) is 6.94. The zero-order chi connectivity index (χ0) is 21.3. The average Bonchev–Trinajstić information content (AvgIpc) is 3.26. The van der Waals surface area contributed by atoms with Gasteiger partial charge >= 0.3 is 12.1 Å². The number of methoxy groups -OCH3 is 1. The highest BCUT2D eigenvalue weighted by Crippen LogP contribution is 2.44. The number of carbonyl (C=O) groups excluding carboxylic acids is 1. The van der Waals surface area contributed by atoms with Gasteiger partial charge in [-0.05, 0) is 54.4 Å². The average molecular weight is 416 g/mol. The first kappa shape index (κ1) is 19.9. The molecule has 1 amide bonds. The van der Waals surface area contributed by atoms with Crippen LogP contribution in [-0.2, 0) is 11.2 Å². The maximum absolute atomic E-state index is 13.0. The lowest BCUT2D eigenvalue weighted by Gasteiger charge is -2.43. The molecule has 0 saturated carbocycles. The van der Waals surface area contributed by atoms with E-state index in [1.54, 1.807) is 31.4 Å². The fraction of sp³-hybridized carbons (Fsp3) is 0.227. The Kier molecular flexibility index (Phi) is 5.15. The molecular formula is C22H19F3N2O3. The zero-order valence-corrected chi connectivity index (χ0v) is 16.0. The molecule has 5 nitrogen and oxygen atoms in total. The van der Waals surface area contributed by atoms with Gasteiger partial charge in [-0.3, -0.25) is 4.79 Å². The molecule has 0 aliphatic carbocycles. The molecule has 156 valence electrons. The van der Waals surface area contributed by atoms with E-state index in [2.05, 4.69) is 5.32 Å². The minimum absolute atomic E-state index is 0.232. The number of carbonyl (C=O) groups is 1. The molecule has 1 aliphatic rings. The van der Waals surface area contributed by atoms with E-state index in [0.29, 0.717) is 11.5 Å². The number of hydrogen-bond acceptors (Lipinski definition) is 4. The number of amides is 1. The minimum atomic E-state index is -4.98. The molecule has 3 aromatic rings. The van der Waals surface area contributed by atoms with E-state index in [1.807, 2.05) is 41.3 Å². The third kappa shape index (κ3) is 3.72. The molecule has 1 aliphatic heterocycles. The summed E-state index contributed by atoms with van der Waals surface area (Å²) in [6, 6.07) is 16.4. The highest BCUT2D eigenvalue weighted by Gasteiger charge is 2.44. The number of nitrogens with zero attached hydrogens (tertiary/aromatic N) is 1. The van der Waals surface area contributed by atoms with Crippen LogP contribution in [0.2, 0.25) is 0 Å². The standard InChI is InChI=1S/C22H19F3N2O3/c1-29-16-10-8-15(9-11-16)27-18-6-3-2-5-14(18)13-17(26-21(28)22(23,24)25)20(27)19-7-4-12-30-19/h2-12,17,20H,13H2,1H3,(H,26,28)/t17-,20-/m0/s1. The van der Waals surface area contributed by atoms with Gasteiger partial charge in [0, 0.05) is 11.4 Å². The molecule has 4 rings (SSSR count). The summed E-state index contributed by atoms with van der Waals surface area (Å²) in [6.07, 6.45) is -3.28. The van der Waals surface area contributed by atoms with E-state index in [0.717, 1.165) is 16.9 Å². The van der Waals surface area contributed by atoms with Crippen LogP contribution in [0, 0.1) is 0 Å². The molecule has 0 bridgehead atoms. The first-order valence-corrected chi connectivity index (χ1v) is 9.31. The third-order valence-corrected chi connectivity index (χ3v) is 5.11. The number of rotatable bonds is 4. The maximum atomic E-state index is 13.0. The van der Waals surface area contributed by atoms with Gasteiger partial charge in [0.05, 0.1) is 19.4 Å². The first-order valence-electron chi connectivity index (χ1n) is 9.31. The smallest absolute Gasteiger partial charge is 0.471 e. The SMILES string of the molecule is COc1ccc(N2c3ccccc3C[C@H](NC(=O)C(F)(F)F)[C@H]2c2ccco2)cc1. The lowest BCUT2D eigenvalue weighted by atomic mass is 9.89. The highest BCUT2D eigenvalue weighted by atomic mass is 19.4. The summed E-state index contributed by atoms with van der Waals surface area (Å²) in [6.45, 7) is 0. The van der Waals surface area contributed by atoms with Crippen LogP contribution in [0.15, 0.2) is 71.3 Å². The Labute approximate surface area is 171 Å². The second-order valence-corrected chi connectivity index (χ2v) is 6.94. The van der Waals surface area contributed by atoms with Crippen LogP contribution in [0.3, 0.4) is 0 Å². The van der Waals surface area contributed by atoms with Crippen LogP contribution in [0.25, 0.3) is 0 Å². The summed E-state index contributed by atoms with van der Waals surface area (Å²) in [5.41, 5.74) is 2.39. The number of furan rings is 1. The molecule has 1 N–H and O–H groups in total.